The van der Waals surface area contributed by atoms with Crippen LogP contribution in [-0.2, 0) is 18.4 Å². The molecule has 0 fully saturated rings. The number of nitrogens with one attached hydrogen (secondary N) is 1. The Labute approximate surface area is 162 Å². The minimum atomic E-state index is -0.648. The Hall–Kier alpha value is -3.29. The van der Waals surface area contributed by atoms with Gasteiger partial charge in [0.25, 0.3) is 17.2 Å². The standard InChI is InChI=1S/C20H23N5O3/c1-11(2)25(20(28)18(26)17-12(3)23-24(5)13(17)4)10-16-21-15-9-7-6-8-14(15)19(27)22-16/h6-9,11H,10H2,1-5H3,(H,21,22,27). The normalized spacial score (nSPS) is 11.2. The van der Waals surface area contributed by atoms with Gasteiger partial charge in [-0.25, -0.2) is 4.98 Å². The predicted molar refractivity (Wildman–Crippen MR) is 105 cm³/mol. The van der Waals surface area contributed by atoms with E-state index in [2.05, 4.69) is 15.1 Å². The van der Waals surface area contributed by atoms with Crippen molar-refractivity contribution < 1.29 is 9.59 Å². The lowest BCUT2D eigenvalue weighted by Gasteiger charge is -2.25. The van der Waals surface area contributed by atoms with Gasteiger partial charge in [-0.1, -0.05) is 12.1 Å². The highest BCUT2D eigenvalue weighted by atomic mass is 16.2. The molecule has 1 aromatic carbocycles. The van der Waals surface area contributed by atoms with Crippen LogP contribution in [0.3, 0.4) is 0 Å². The molecule has 1 N–H and O–H groups in total. The van der Waals surface area contributed by atoms with Crippen molar-refractivity contribution in [2.45, 2.75) is 40.3 Å². The summed E-state index contributed by atoms with van der Waals surface area (Å²) in [5.74, 6) is -0.928. The molecule has 0 aliphatic carbocycles. The van der Waals surface area contributed by atoms with Gasteiger partial charge in [0, 0.05) is 18.8 Å². The molecule has 0 aliphatic rings. The fraction of sp³-hybridized carbons (Fsp3) is 0.350. The molecule has 2 heterocycles. The molecule has 28 heavy (non-hydrogen) atoms. The molecule has 0 unspecified atom stereocenters. The minimum Gasteiger partial charge on any atom is -0.326 e. The van der Waals surface area contributed by atoms with E-state index < -0.39 is 11.7 Å². The van der Waals surface area contributed by atoms with Crippen LogP contribution in [0.4, 0.5) is 0 Å². The van der Waals surface area contributed by atoms with Crippen LogP contribution in [0, 0.1) is 13.8 Å². The van der Waals surface area contributed by atoms with E-state index >= 15 is 0 Å². The molecule has 0 aliphatic heterocycles. The molecular formula is C20H23N5O3. The highest BCUT2D eigenvalue weighted by molar-refractivity contribution is 6.43. The maximum atomic E-state index is 13.0. The molecule has 0 atom stereocenters. The molecule has 0 saturated heterocycles. The van der Waals surface area contributed by atoms with Crippen molar-refractivity contribution in [3.05, 3.63) is 57.4 Å². The van der Waals surface area contributed by atoms with Gasteiger partial charge in [0.15, 0.2) is 0 Å². The number of carbonyl (C=O) groups excluding carboxylic acids is 2. The van der Waals surface area contributed by atoms with Crippen molar-refractivity contribution >= 4 is 22.6 Å². The van der Waals surface area contributed by atoms with Crippen LogP contribution in [0.2, 0.25) is 0 Å². The van der Waals surface area contributed by atoms with E-state index in [4.69, 9.17) is 0 Å². The van der Waals surface area contributed by atoms with Gasteiger partial charge in [-0.3, -0.25) is 19.1 Å². The van der Waals surface area contributed by atoms with Gasteiger partial charge in [-0.15, -0.1) is 0 Å². The number of hydrogen-bond acceptors (Lipinski definition) is 5. The lowest BCUT2D eigenvalue weighted by molar-refractivity contribution is -0.128. The summed E-state index contributed by atoms with van der Waals surface area (Å²) < 4.78 is 1.58. The fourth-order valence-corrected chi connectivity index (χ4v) is 3.20. The third kappa shape index (κ3) is 3.45. The lowest BCUT2D eigenvalue weighted by atomic mass is 10.1. The van der Waals surface area contributed by atoms with Crippen molar-refractivity contribution in [1.82, 2.24) is 24.6 Å². The number of aromatic nitrogens is 4. The number of para-hydroxylation sites is 1. The third-order valence-electron chi connectivity index (χ3n) is 4.80. The summed E-state index contributed by atoms with van der Waals surface area (Å²) >= 11 is 0. The number of ketones is 1. The van der Waals surface area contributed by atoms with Gasteiger partial charge in [0.1, 0.15) is 5.82 Å². The largest absolute Gasteiger partial charge is 0.326 e. The summed E-state index contributed by atoms with van der Waals surface area (Å²) in [5.41, 5.74) is 1.74. The first kappa shape index (κ1) is 19.5. The molecule has 0 radical (unpaired) electrons. The first-order valence-corrected chi connectivity index (χ1v) is 9.04. The summed E-state index contributed by atoms with van der Waals surface area (Å²) in [6, 6.07) is 6.73. The van der Waals surface area contributed by atoms with Gasteiger partial charge in [0.2, 0.25) is 0 Å². The Balaban J connectivity index is 1.95. The monoisotopic (exact) mass is 381 g/mol. The SMILES string of the molecule is Cc1nn(C)c(C)c1C(=O)C(=O)N(Cc1nc2ccccc2c(=O)[nH]1)C(C)C. The molecule has 146 valence electrons. The molecule has 0 bridgehead atoms. The number of rotatable bonds is 5. The topological polar surface area (TPSA) is 101 Å². The fourth-order valence-electron chi connectivity index (χ4n) is 3.20. The van der Waals surface area contributed by atoms with E-state index in [1.54, 1.807) is 49.8 Å². The zero-order valence-corrected chi connectivity index (χ0v) is 16.6. The zero-order chi connectivity index (χ0) is 20.6. The van der Waals surface area contributed by atoms with Gasteiger partial charge in [0.05, 0.1) is 28.7 Å². The summed E-state index contributed by atoms with van der Waals surface area (Å²) in [7, 11) is 1.73. The van der Waals surface area contributed by atoms with Crippen LogP contribution in [-0.4, -0.2) is 42.4 Å². The molecule has 8 nitrogen and oxygen atoms in total. The van der Waals surface area contributed by atoms with Crippen LogP contribution < -0.4 is 5.56 Å². The second-order valence-corrected chi connectivity index (χ2v) is 7.06. The van der Waals surface area contributed by atoms with Crippen molar-refractivity contribution in [2.75, 3.05) is 0 Å². The number of nitrogens with zero attached hydrogens (tertiary/aromatic N) is 4. The van der Waals surface area contributed by atoms with Crippen LogP contribution in [0.15, 0.2) is 29.1 Å². The number of H-pyrrole nitrogens is 1. The summed E-state index contributed by atoms with van der Waals surface area (Å²) in [4.78, 5) is 46.7. The van der Waals surface area contributed by atoms with Crippen LogP contribution >= 0.6 is 0 Å². The average molecular weight is 381 g/mol. The minimum absolute atomic E-state index is 0.0284. The summed E-state index contributed by atoms with van der Waals surface area (Å²) in [6.45, 7) is 7.11. The first-order chi connectivity index (χ1) is 13.2. The highest BCUT2D eigenvalue weighted by Gasteiger charge is 2.30. The van der Waals surface area contributed by atoms with E-state index in [0.717, 1.165) is 0 Å². The van der Waals surface area contributed by atoms with Crippen LogP contribution in [0.5, 0.6) is 0 Å². The van der Waals surface area contributed by atoms with Crippen molar-refractivity contribution in [2.24, 2.45) is 7.05 Å². The predicted octanol–water partition coefficient (Wildman–Crippen LogP) is 1.89. The molecule has 0 saturated carbocycles. The number of hydrogen-bond donors (Lipinski definition) is 1. The second kappa shape index (κ2) is 7.38. The quantitative estimate of drug-likeness (QED) is 0.537. The number of fused-ring (bicyclic) bond motifs is 1. The summed E-state index contributed by atoms with van der Waals surface area (Å²) in [6.07, 6.45) is 0. The van der Waals surface area contributed by atoms with Gasteiger partial charge in [-0.05, 0) is 39.8 Å². The number of aryl methyl sites for hydroxylation is 2. The Morgan fingerprint density at radius 2 is 1.89 bits per heavy atom. The Kier molecular flexibility index (Phi) is 5.13. The number of aromatic amines is 1. The van der Waals surface area contributed by atoms with E-state index in [9.17, 15) is 14.4 Å². The first-order valence-electron chi connectivity index (χ1n) is 9.04. The number of Topliss-reactive ketones (excluding diaryl/α,β-unsaturated/α-hetero) is 1. The lowest BCUT2D eigenvalue weighted by Crippen LogP contribution is -2.41. The van der Waals surface area contributed by atoms with Crippen molar-refractivity contribution in [3.8, 4) is 0 Å². The molecule has 8 heteroatoms. The number of benzene rings is 1. The molecule has 3 rings (SSSR count). The average Bonchev–Trinajstić information content (AvgIpc) is 2.90. The van der Waals surface area contributed by atoms with Crippen LogP contribution in [0.25, 0.3) is 10.9 Å². The maximum Gasteiger partial charge on any atom is 0.295 e. The van der Waals surface area contributed by atoms with Gasteiger partial charge >= 0.3 is 0 Å². The molecule has 2 aromatic heterocycles. The molecule has 0 spiro atoms. The Bertz CT molecular complexity index is 1130. The molecule has 3 aromatic rings. The Morgan fingerprint density at radius 1 is 1.21 bits per heavy atom. The van der Waals surface area contributed by atoms with Gasteiger partial charge < -0.3 is 9.88 Å². The molecule has 1 amide bonds. The van der Waals surface area contributed by atoms with E-state index in [-0.39, 0.29) is 18.1 Å². The smallest absolute Gasteiger partial charge is 0.295 e. The van der Waals surface area contributed by atoms with E-state index in [1.807, 2.05) is 13.8 Å². The Morgan fingerprint density at radius 3 is 2.50 bits per heavy atom. The summed E-state index contributed by atoms with van der Waals surface area (Å²) in [5, 5.41) is 4.69. The maximum absolute atomic E-state index is 13.0. The van der Waals surface area contributed by atoms with Crippen molar-refractivity contribution in [1.29, 1.82) is 0 Å². The number of amides is 1. The zero-order valence-electron chi connectivity index (χ0n) is 16.6. The van der Waals surface area contributed by atoms with E-state index in [1.165, 1.54) is 4.90 Å². The van der Waals surface area contributed by atoms with Gasteiger partial charge in [-0.2, -0.15) is 5.10 Å². The highest BCUT2D eigenvalue weighted by Crippen LogP contribution is 2.16. The molecular weight excluding hydrogens is 358 g/mol. The van der Waals surface area contributed by atoms with E-state index in [0.29, 0.717) is 33.7 Å². The third-order valence-corrected chi connectivity index (χ3v) is 4.80. The van der Waals surface area contributed by atoms with Crippen molar-refractivity contribution in [3.63, 3.8) is 0 Å². The second-order valence-electron chi connectivity index (χ2n) is 7.06. The van der Waals surface area contributed by atoms with Crippen LogP contribution in [0.1, 0.15) is 41.4 Å². The number of carbonyl (C=O) groups is 2.